The van der Waals surface area contributed by atoms with Gasteiger partial charge in [0, 0.05) is 31.2 Å². The first-order valence-corrected chi connectivity index (χ1v) is 15.6. The van der Waals surface area contributed by atoms with Gasteiger partial charge in [0.2, 0.25) is 21.8 Å². The number of hydrogen-bond donors (Lipinski definition) is 2. The van der Waals surface area contributed by atoms with Crippen molar-refractivity contribution in [3.8, 4) is 5.88 Å². The monoisotopic (exact) mass is 555 g/mol. The summed E-state index contributed by atoms with van der Waals surface area (Å²) in [7, 11) is -2.02. The van der Waals surface area contributed by atoms with Crippen molar-refractivity contribution in [1.82, 2.24) is 19.6 Å². The normalized spacial score (nSPS) is 20.6. The molecule has 1 atom stereocenters. The summed E-state index contributed by atoms with van der Waals surface area (Å²) in [6.45, 7) is 1.67. The summed E-state index contributed by atoms with van der Waals surface area (Å²) in [6.07, 6.45) is 7.39. The molecule has 1 unspecified atom stereocenters. The van der Waals surface area contributed by atoms with Gasteiger partial charge in [0.05, 0.1) is 17.9 Å². The third kappa shape index (κ3) is 5.16. The van der Waals surface area contributed by atoms with Crippen molar-refractivity contribution in [2.24, 2.45) is 5.92 Å². The predicted octanol–water partition coefficient (Wildman–Crippen LogP) is 4.13. The van der Waals surface area contributed by atoms with E-state index in [0.29, 0.717) is 46.9 Å². The van der Waals surface area contributed by atoms with Crippen molar-refractivity contribution in [1.29, 1.82) is 0 Å². The molecule has 3 aromatic rings. The van der Waals surface area contributed by atoms with E-state index >= 15 is 0 Å². The molecule has 1 saturated heterocycles. The lowest BCUT2D eigenvalue weighted by Crippen LogP contribution is -2.54. The summed E-state index contributed by atoms with van der Waals surface area (Å²) in [5.74, 6) is 0.460. The summed E-state index contributed by atoms with van der Waals surface area (Å²) < 4.78 is 33.5. The molecule has 2 saturated carbocycles. The number of anilines is 1. The number of ether oxygens (including phenoxy) is 1. The van der Waals surface area contributed by atoms with Crippen LogP contribution in [0.15, 0.2) is 41.3 Å². The van der Waals surface area contributed by atoms with Crippen LogP contribution in [0, 0.1) is 5.92 Å². The molecule has 3 fully saturated rings. The number of rotatable bonds is 8. The van der Waals surface area contributed by atoms with Crippen LogP contribution in [-0.4, -0.2) is 60.9 Å². The largest absolute Gasteiger partial charge is 0.481 e. The van der Waals surface area contributed by atoms with E-state index in [4.69, 9.17) is 4.74 Å². The zero-order valence-electron chi connectivity index (χ0n) is 21.5. The number of aromatic nitrogens is 2. The van der Waals surface area contributed by atoms with E-state index in [1.165, 1.54) is 24.2 Å². The molecule has 2 N–H and O–H groups in total. The minimum Gasteiger partial charge on any atom is -0.481 e. The van der Waals surface area contributed by atoms with Gasteiger partial charge in [0.1, 0.15) is 10.3 Å². The molecule has 1 amide bonds. The van der Waals surface area contributed by atoms with Crippen LogP contribution >= 0.6 is 11.3 Å². The number of carbonyl (C=O) groups excluding carboxylic acids is 1. The van der Waals surface area contributed by atoms with Crippen LogP contribution in [0.5, 0.6) is 5.88 Å². The lowest BCUT2D eigenvalue weighted by atomic mass is 9.87. The number of thiazole rings is 1. The summed E-state index contributed by atoms with van der Waals surface area (Å²) in [6, 6.07) is 10.5. The van der Waals surface area contributed by atoms with E-state index in [2.05, 4.69) is 20.6 Å². The van der Waals surface area contributed by atoms with Crippen LogP contribution in [0.2, 0.25) is 0 Å². The van der Waals surface area contributed by atoms with E-state index in [9.17, 15) is 13.2 Å². The summed E-state index contributed by atoms with van der Waals surface area (Å²) in [5, 5.41) is 6.97. The SMILES string of the molecule is COc1ccc2nc(NC(=O)C(CC3CCCC3)c3ccc(S(=O)(=O)N4CCNC5(CC5)C4)cc3)sc2n1. The van der Waals surface area contributed by atoms with Gasteiger partial charge in [0.25, 0.3) is 0 Å². The van der Waals surface area contributed by atoms with Gasteiger partial charge in [-0.1, -0.05) is 49.2 Å². The molecule has 0 radical (unpaired) electrons. The van der Waals surface area contributed by atoms with Crippen LogP contribution in [0.1, 0.15) is 56.4 Å². The number of pyridine rings is 1. The molecule has 11 heteroatoms. The first kappa shape index (κ1) is 25.7. The highest BCUT2D eigenvalue weighted by Gasteiger charge is 2.48. The summed E-state index contributed by atoms with van der Waals surface area (Å²) >= 11 is 1.31. The summed E-state index contributed by atoms with van der Waals surface area (Å²) in [5.41, 5.74) is 1.50. The van der Waals surface area contributed by atoms with E-state index in [0.717, 1.165) is 37.7 Å². The number of hydrogen-bond acceptors (Lipinski definition) is 8. The maximum absolute atomic E-state index is 13.6. The lowest BCUT2D eigenvalue weighted by Gasteiger charge is -2.33. The molecule has 38 heavy (non-hydrogen) atoms. The highest BCUT2D eigenvalue weighted by molar-refractivity contribution is 7.89. The Labute approximate surface area is 227 Å². The number of nitrogens with one attached hydrogen (secondary N) is 2. The fraction of sp³-hybridized carbons (Fsp3) is 0.519. The molecule has 2 aromatic heterocycles. The topological polar surface area (TPSA) is 114 Å². The molecular weight excluding hydrogens is 522 g/mol. The number of sulfonamides is 1. The molecule has 1 spiro atoms. The fourth-order valence-corrected chi connectivity index (χ4v) is 8.12. The summed E-state index contributed by atoms with van der Waals surface area (Å²) in [4.78, 5) is 23.5. The van der Waals surface area contributed by atoms with Crippen LogP contribution in [0.25, 0.3) is 10.3 Å². The average molecular weight is 556 g/mol. The smallest absolute Gasteiger partial charge is 0.243 e. The van der Waals surface area contributed by atoms with Gasteiger partial charge in [0.15, 0.2) is 5.13 Å². The van der Waals surface area contributed by atoms with Crippen molar-refractivity contribution in [2.45, 2.75) is 61.3 Å². The Bertz CT molecular complexity index is 1430. The molecule has 3 aliphatic rings. The van der Waals surface area contributed by atoms with Crippen LogP contribution < -0.4 is 15.4 Å². The predicted molar refractivity (Wildman–Crippen MR) is 147 cm³/mol. The molecule has 1 aromatic carbocycles. The Hall–Kier alpha value is -2.60. The zero-order valence-corrected chi connectivity index (χ0v) is 23.1. The second-order valence-corrected chi connectivity index (χ2v) is 13.7. The molecule has 6 rings (SSSR count). The third-order valence-corrected chi connectivity index (χ3v) is 10.9. The van der Waals surface area contributed by atoms with Crippen molar-refractivity contribution in [3.05, 3.63) is 42.0 Å². The van der Waals surface area contributed by atoms with Gasteiger partial charge in [-0.2, -0.15) is 4.31 Å². The fourth-order valence-electron chi connectivity index (χ4n) is 5.76. The molecular formula is C27H33N5O4S2. The first-order chi connectivity index (χ1) is 18.3. The third-order valence-electron chi connectivity index (χ3n) is 8.14. The Morgan fingerprint density at radius 1 is 1.18 bits per heavy atom. The zero-order chi connectivity index (χ0) is 26.3. The molecule has 0 bridgehead atoms. The molecule has 1 aliphatic heterocycles. The number of amides is 1. The van der Waals surface area contributed by atoms with Gasteiger partial charge in [-0.05, 0) is 48.9 Å². The number of piperazine rings is 1. The van der Waals surface area contributed by atoms with Crippen LogP contribution in [0.4, 0.5) is 5.13 Å². The van der Waals surface area contributed by atoms with Gasteiger partial charge in [-0.3, -0.25) is 4.79 Å². The van der Waals surface area contributed by atoms with E-state index < -0.39 is 15.9 Å². The van der Waals surface area contributed by atoms with Crippen molar-refractivity contribution in [2.75, 3.05) is 32.1 Å². The Morgan fingerprint density at radius 2 is 1.95 bits per heavy atom. The van der Waals surface area contributed by atoms with E-state index in [-0.39, 0.29) is 16.3 Å². The van der Waals surface area contributed by atoms with Crippen molar-refractivity contribution in [3.63, 3.8) is 0 Å². The van der Waals surface area contributed by atoms with Gasteiger partial charge >= 0.3 is 0 Å². The highest BCUT2D eigenvalue weighted by atomic mass is 32.2. The molecule has 9 nitrogen and oxygen atoms in total. The van der Waals surface area contributed by atoms with Crippen molar-refractivity contribution >= 4 is 42.7 Å². The minimum atomic E-state index is -3.58. The number of methoxy groups -OCH3 is 1. The van der Waals surface area contributed by atoms with E-state index in [1.807, 2.05) is 18.2 Å². The number of fused-ring (bicyclic) bond motifs is 1. The number of carbonyl (C=O) groups is 1. The standard InChI is InChI=1S/C27H33N5O4S2/c1-36-23-11-10-22-25(30-23)37-26(29-22)31-24(33)21(16-18-4-2-3-5-18)19-6-8-20(9-7-19)38(34,35)32-15-14-28-27(17-32)12-13-27/h6-11,18,21,28H,2-5,12-17H2,1H3,(H,29,31,33). The van der Waals surface area contributed by atoms with Crippen LogP contribution in [-0.2, 0) is 14.8 Å². The maximum Gasteiger partial charge on any atom is 0.243 e. The van der Waals surface area contributed by atoms with Gasteiger partial charge < -0.3 is 15.4 Å². The van der Waals surface area contributed by atoms with E-state index in [1.54, 1.807) is 29.6 Å². The number of nitrogens with zero attached hydrogens (tertiary/aromatic N) is 3. The maximum atomic E-state index is 13.6. The highest BCUT2D eigenvalue weighted by Crippen LogP contribution is 2.39. The number of benzene rings is 1. The Kier molecular flexibility index (Phi) is 6.88. The quantitative estimate of drug-likeness (QED) is 0.430. The van der Waals surface area contributed by atoms with Crippen molar-refractivity contribution < 1.29 is 17.9 Å². The Morgan fingerprint density at radius 3 is 2.66 bits per heavy atom. The second-order valence-electron chi connectivity index (χ2n) is 10.7. The molecule has 202 valence electrons. The van der Waals surface area contributed by atoms with Gasteiger partial charge in [-0.15, -0.1) is 0 Å². The van der Waals surface area contributed by atoms with Crippen LogP contribution in [0.3, 0.4) is 0 Å². The molecule has 2 aliphatic carbocycles. The lowest BCUT2D eigenvalue weighted by molar-refractivity contribution is -0.118. The van der Waals surface area contributed by atoms with Gasteiger partial charge in [-0.25, -0.2) is 18.4 Å². The average Bonchev–Trinajstić information content (AvgIpc) is 3.30. The minimum absolute atomic E-state index is 0.0307. The first-order valence-electron chi connectivity index (χ1n) is 13.3. The second kappa shape index (κ2) is 10.2. The molecule has 3 heterocycles. The Balaban J connectivity index is 1.22.